The van der Waals surface area contributed by atoms with Crippen molar-refractivity contribution in [2.24, 2.45) is 0 Å². The van der Waals surface area contributed by atoms with Crippen molar-refractivity contribution in [2.45, 2.75) is 6.54 Å². The third-order valence-electron chi connectivity index (χ3n) is 5.50. The summed E-state index contributed by atoms with van der Waals surface area (Å²) in [6.45, 7) is 0.583. The summed E-state index contributed by atoms with van der Waals surface area (Å²) in [6, 6.07) is 39.7. The van der Waals surface area contributed by atoms with Crippen LogP contribution in [-0.4, -0.2) is 5.97 Å². The number of rotatable bonds is 5. The van der Waals surface area contributed by atoms with Crippen LogP contribution in [0, 0.1) is 0 Å². The summed E-state index contributed by atoms with van der Waals surface area (Å²) >= 11 is 0. The molecule has 5 aromatic rings. The molecule has 3 nitrogen and oxygen atoms in total. The quantitative estimate of drug-likeness (QED) is 0.198. The van der Waals surface area contributed by atoms with Gasteiger partial charge in [0.25, 0.3) is 5.69 Å². The lowest BCUT2D eigenvalue weighted by molar-refractivity contribution is -0.664. The first-order valence-electron chi connectivity index (χ1n) is 10.6. The van der Waals surface area contributed by atoms with Crippen molar-refractivity contribution in [3.63, 3.8) is 0 Å². The van der Waals surface area contributed by atoms with Crippen molar-refractivity contribution in [2.75, 3.05) is 0 Å². The van der Waals surface area contributed by atoms with E-state index in [9.17, 15) is 4.79 Å². The Labute approximate surface area is 187 Å². The van der Waals surface area contributed by atoms with Gasteiger partial charge in [-0.25, -0.2) is 4.79 Å². The van der Waals surface area contributed by atoms with Crippen LogP contribution in [0.25, 0.3) is 22.0 Å². The predicted octanol–water partition coefficient (Wildman–Crippen LogP) is 6.06. The van der Waals surface area contributed by atoms with E-state index >= 15 is 0 Å². The minimum atomic E-state index is -0.376. The molecule has 0 aliphatic carbocycles. The summed E-state index contributed by atoms with van der Waals surface area (Å²) in [7, 11) is 0. The Morgan fingerprint density at radius 2 is 1.25 bits per heavy atom. The van der Waals surface area contributed by atoms with Crippen LogP contribution in [0.1, 0.15) is 16.1 Å². The Hall–Kier alpha value is -4.24. The standard InChI is InChI=1S/C29H22NO2/c31-29(32-26-18-15-24(16-19-26)23-11-5-2-6-12-23)28-20-17-25-13-7-8-14-27(25)30(28)21-22-9-3-1-4-10-22/h1-20H,21H2/q+1. The smallest absolute Gasteiger partial charge is 0.409 e. The van der Waals surface area contributed by atoms with Crippen LogP contribution in [0.3, 0.4) is 0 Å². The molecule has 0 atom stereocenters. The first kappa shape index (κ1) is 19.7. The number of hydrogen-bond donors (Lipinski definition) is 0. The Balaban J connectivity index is 1.46. The zero-order valence-corrected chi connectivity index (χ0v) is 17.5. The molecule has 0 aliphatic heterocycles. The molecule has 0 aliphatic rings. The van der Waals surface area contributed by atoms with Gasteiger partial charge in [0.05, 0.1) is 0 Å². The predicted molar refractivity (Wildman–Crippen MR) is 127 cm³/mol. The third-order valence-corrected chi connectivity index (χ3v) is 5.50. The van der Waals surface area contributed by atoms with Crippen molar-refractivity contribution in [3.8, 4) is 16.9 Å². The minimum absolute atomic E-state index is 0.376. The number of benzene rings is 4. The van der Waals surface area contributed by atoms with Crippen LogP contribution < -0.4 is 9.30 Å². The molecule has 3 heteroatoms. The van der Waals surface area contributed by atoms with Gasteiger partial charge in [0.15, 0.2) is 6.54 Å². The molecule has 154 valence electrons. The summed E-state index contributed by atoms with van der Waals surface area (Å²) in [5.41, 5.74) is 4.83. The maximum atomic E-state index is 13.2. The van der Waals surface area contributed by atoms with Gasteiger partial charge >= 0.3 is 5.97 Å². The van der Waals surface area contributed by atoms with E-state index in [0.717, 1.165) is 27.6 Å². The monoisotopic (exact) mass is 416 g/mol. The molecule has 0 spiro atoms. The van der Waals surface area contributed by atoms with Gasteiger partial charge in [0.2, 0.25) is 5.52 Å². The molecule has 0 saturated carbocycles. The van der Waals surface area contributed by atoms with Gasteiger partial charge in [-0.3, -0.25) is 0 Å². The van der Waals surface area contributed by atoms with Gasteiger partial charge < -0.3 is 4.74 Å². The lowest BCUT2D eigenvalue weighted by atomic mass is 10.1. The molecule has 32 heavy (non-hydrogen) atoms. The number of nitrogens with zero attached hydrogens (tertiary/aromatic N) is 1. The van der Waals surface area contributed by atoms with Crippen LogP contribution in [0.5, 0.6) is 5.75 Å². The Morgan fingerprint density at radius 1 is 0.625 bits per heavy atom. The highest BCUT2D eigenvalue weighted by Crippen LogP contribution is 2.23. The number of carbonyl (C=O) groups is 1. The van der Waals surface area contributed by atoms with E-state index in [1.807, 2.05) is 102 Å². The number of fused-ring (bicyclic) bond motifs is 1. The highest BCUT2D eigenvalue weighted by molar-refractivity contribution is 5.89. The molecular weight excluding hydrogens is 394 g/mol. The summed E-state index contributed by atoms with van der Waals surface area (Å²) in [5, 5.41) is 1.08. The number of pyridine rings is 1. The second-order valence-corrected chi connectivity index (χ2v) is 7.63. The average molecular weight is 417 g/mol. The zero-order chi connectivity index (χ0) is 21.8. The fourth-order valence-corrected chi connectivity index (χ4v) is 3.88. The van der Waals surface area contributed by atoms with Crippen LogP contribution in [0.4, 0.5) is 0 Å². The van der Waals surface area contributed by atoms with Gasteiger partial charge in [-0.05, 0) is 35.4 Å². The number of aromatic nitrogens is 1. The van der Waals surface area contributed by atoms with Gasteiger partial charge in [0.1, 0.15) is 5.75 Å². The lowest BCUT2D eigenvalue weighted by Crippen LogP contribution is -2.42. The van der Waals surface area contributed by atoms with E-state index in [4.69, 9.17) is 4.74 Å². The van der Waals surface area contributed by atoms with E-state index < -0.39 is 0 Å². The summed E-state index contributed by atoms with van der Waals surface area (Å²) in [4.78, 5) is 13.2. The van der Waals surface area contributed by atoms with Crippen LogP contribution in [-0.2, 0) is 6.54 Å². The first-order chi connectivity index (χ1) is 15.8. The van der Waals surface area contributed by atoms with Gasteiger partial charge in [0, 0.05) is 23.1 Å². The van der Waals surface area contributed by atoms with E-state index in [2.05, 4.69) is 24.3 Å². The molecule has 0 bridgehead atoms. The highest BCUT2D eigenvalue weighted by atomic mass is 16.5. The zero-order valence-electron chi connectivity index (χ0n) is 17.5. The van der Waals surface area contributed by atoms with Gasteiger partial charge in [-0.15, -0.1) is 0 Å². The number of esters is 1. The van der Waals surface area contributed by atoms with Crippen LogP contribution in [0.15, 0.2) is 121 Å². The fraction of sp³-hybridized carbons (Fsp3) is 0.0345. The molecule has 1 heterocycles. The molecule has 0 saturated heterocycles. The maximum Gasteiger partial charge on any atom is 0.409 e. The SMILES string of the molecule is O=C(Oc1ccc(-c2ccccc2)cc1)c1ccc2ccccc2[n+]1Cc1ccccc1. The average Bonchev–Trinajstić information content (AvgIpc) is 2.86. The number of para-hydroxylation sites is 1. The van der Waals surface area contributed by atoms with Crippen molar-refractivity contribution in [1.29, 1.82) is 0 Å². The van der Waals surface area contributed by atoms with Crippen molar-refractivity contribution in [1.82, 2.24) is 0 Å². The second kappa shape index (κ2) is 8.86. The van der Waals surface area contributed by atoms with E-state index in [0.29, 0.717) is 18.0 Å². The van der Waals surface area contributed by atoms with E-state index in [1.54, 1.807) is 0 Å². The largest absolute Gasteiger partial charge is 0.419 e. The summed E-state index contributed by atoms with van der Waals surface area (Å²) in [5.74, 6) is 0.147. The van der Waals surface area contributed by atoms with Crippen molar-refractivity contribution < 1.29 is 14.1 Å². The molecule has 5 rings (SSSR count). The lowest BCUT2D eigenvalue weighted by Gasteiger charge is -2.09. The molecule has 0 unspecified atom stereocenters. The van der Waals surface area contributed by atoms with Crippen LogP contribution >= 0.6 is 0 Å². The van der Waals surface area contributed by atoms with E-state index in [-0.39, 0.29) is 5.97 Å². The van der Waals surface area contributed by atoms with Crippen molar-refractivity contribution in [3.05, 3.63) is 133 Å². The molecule has 0 amide bonds. The Bertz CT molecular complexity index is 1360. The van der Waals surface area contributed by atoms with Crippen LogP contribution in [0.2, 0.25) is 0 Å². The summed E-state index contributed by atoms with van der Waals surface area (Å²) in [6.07, 6.45) is 0. The molecule has 0 N–H and O–H groups in total. The Morgan fingerprint density at radius 3 is 2.00 bits per heavy atom. The molecule has 4 aromatic carbocycles. The van der Waals surface area contributed by atoms with Crippen molar-refractivity contribution >= 4 is 16.9 Å². The highest BCUT2D eigenvalue weighted by Gasteiger charge is 2.24. The first-order valence-corrected chi connectivity index (χ1v) is 10.6. The maximum absolute atomic E-state index is 13.2. The fourth-order valence-electron chi connectivity index (χ4n) is 3.88. The molecule has 0 fully saturated rings. The number of ether oxygens (including phenoxy) is 1. The Kier molecular flexibility index (Phi) is 5.46. The second-order valence-electron chi connectivity index (χ2n) is 7.63. The van der Waals surface area contributed by atoms with Gasteiger partial charge in [-0.1, -0.05) is 84.9 Å². The normalized spacial score (nSPS) is 10.8. The van der Waals surface area contributed by atoms with E-state index in [1.165, 1.54) is 0 Å². The molecule has 0 radical (unpaired) electrons. The van der Waals surface area contributed by atoms with Gasteiger partial charge in [-0.2, -0.15) is 4.57 Å². The topological polar surface area (TPSA) is 30.2 Å². The third kappa shape index (κ3) is 4.14. The molecule has 1 aromatic heterocycles. The molecular formula is C29H22NO2+. The minimum Gasteiger partial charge on any atom is -0.419 e. The number of hydrogen-bond acceptors (Lipinski definition) is 2. The number of carbonyl (C=O) groups excluding carboxylic acids is 1. The summed E-state index contributed by atoms with van der Waals surface area (Å²) < 4.78 is 7.78.